The molecule has 8 atom stereocenters. The standard InChI is InChI=1S/C20H28O8/c1-17-7-5-11-19(3,27-11)16(22)24-10-14-18(2,26-14)8-6-12-20(4,28-12)15(21)23-9-13(17)25-17/h11-14H,5-10H2,1-4H3/t11-,12+,13-,14-,17-,18-,19+,20-/m1/s1. The zero-order valence-corrected chi connectivity index (χ0v) is 16.8. The molecule has 0 N–H and O–H groups in total. The summed E-state index contributed by atoms with van der Waals surface area (Å²) in [6.07, 6.45) is 2.22. The van der Waals surface area contributed by atoms with E-state index in [1.807, 2.05) is 13.8 Å². The Hall–Kier alpha value is -1.22. The largest absolute Gasteiger partial charge is 0.461 e. The molecular formula is C20H28O8. The summed E-state index contributed by atoms with van der Waals surface area (Å²) in [4.78, 5) is 24.9. The Morgan fingerprint density at radius 2 is 1.04 bits per heavy atom. The van der Waals surface area contributed by atoms with Crippen molar-refractivity contribution >= 4 is 11.9 Å². The van der Waals surface area contributed by atoms with Crippen molar-refractivity contribution in [1.82, 2.24) is 0 Å². The molecule has 0 spiro atoms. The third-order valence-corrected chi connectivity index (χ3v) is 7.31. The highest BCUT2D eigenvalue weighted by atomic mass is 16.7. The van der Waals surface area contributed by atoms with Crippen LogP contribution in [-0.4, -0.2) is 72.0 Å². The number of epoxide rings is 4. The van der Waals surface area contributed by atoms with Gasteiger partial charge < -0.3 is 28.4 Å². The van der Waals surface area contributed by atoms with Gasteiger partial charge in [-0.1, -0.05) is 0 Å². The van der Waals surface area contributed by atoms with Gasteiger partial charge in [0.15, 0.2) is 11.2 Å². The molecule has 8 nitrogen and oxygen atoms in total. The van der Waals surface area contributed by atoms with Gasteiger partial charge in [-0.15, -0.1) is 0 Å². The minimum Gasteiger partial charge on any atom is -0.461 e. The molecule has 5 aliphatic heterocycles. The molecule has 0 aromatic carbocycles. The maximum Gasteiger partial charge on any atom is 0.340 e. The smallest absolute Gasteiger partial charge is 0.340 e. The fraction of sp³-hybridized carbons (Fsp3) is 0.900. The third-order valence-electron chi connectivity index (χ3n) is 7.31. The number of carbonyl (C=O) groups is 2. The Kier molecular flexibility index (Phi) is 3.81. The van der Waals surface area contributed by atoms with Gasteiger partial charge in [-0.05, 0) is 53.4 Å². The van der Waals surface area contributed by atoms with E-state index in [4.69, 9.17) is 28.4 Å². The SMILES string of the molecule is C[C@@]12CC[C@H]3O[C@]3(C)C(=O)OC[C@H]3O[C@]3(C)CC[C@@H]3O[C@@]3(C)C(=O)OC[C@H]1O2. The van der Waals surface area contributed by atoms with Crippen molar-refractivity contribution in [2.24, 2.45) is 0 Å². The molecule has 0 radical (unpaired) electrons. The van der Waals surface area contributed by atoms with Crippen LogP contribution in [0.3, 0.4) is 0 Å². The zero-order chi connectivity index (χ0) is 19.9. The lowest BCUT2D eigenvalue weighted by atomic mass is 9.95. The maximum atomic E-state index is 12.4. The highest BCUT2D eigenvalue weighted by Gasteiger charge is 2.64. The minimum absolute atomic E-state index is 0.132. The summed E-state index contributed by atoms with van der Waals surface area (Å²) in [6, 6.07) is 0. The first-order valence-corrected chi connectivity index (χ1v) is 10.1. The van der Waals surface area contributed by atoms with Crippen molar-refractivity contribution < 1.29 is 38.0 Å². The second-order valence-corrected chi connectivity index (χ2v) is 9.54. The number of fused-ring (bicyclic) bond motifs is 4. The van der Waals surface area contributed by atoms with Gasteiger partial charge in [0.1, 0.15) is 25.4 Å². The van der Waals surface area contributed by atoms with Gasteiger partial charge in [0, 0.05) is 0 Å². The van der Waals surface area contributed by atoms with Crippen LogP contribution in [0.25, 0.3) is 0 Å². The summed E-state index contributed by atoms with van der Waals surface area (Å²) in [5.41, 5.74) is -2.46. The van der Waals surface area contributed by atoms with Crippen LogP contribution >= 0.6 is 0 Å². The first kappa shape index (κ1) is 18.8. The molecule has 0 aliphatic carbocycles. The number of ether oxygens (including phenoxy) is 6. The van der Waals surface area contributed by atoms with Crippen LogP contribution in [0.2, 0.25) is 0 Å². The molecule has 5 fully saturated rings. The quantitative estimate of drug-likeness (QED) is 0.446. The topological polar surface area (TPSA) is 103 Å². The van der Waals surface area contributed by atoms with Gasteiger partial charge in [0.05, 0.1) is 23.4 Å². The molecule has 0 bridgehead atoms. The molecular weight excluding hydrogens is 368 g/mol. The first-order valence-electron chi connectivity index (χ1n) is 10.1. The number of hydrogen-bond donors (Lipinski definition) is 0. The van der Waals surface area contributed by atoms with E-state index in [0.29, 0.717) is 12.8 Å². The number of esters is 2. The van der Waals surface area contributed by atoms with Crippen molar-refractivity contribution in [2.75, 3.05) is 13.2 Å². The van der Waals surface area contributed by atoms with Gasteiger partial charge >= 0.3 is 11.9 Å². The molecule has 0 unspecified atom stereocenters. The number of rotatable bonds is 0. The summed E-state index contributed by atoms with van der Waals surface area (Å²) in [5, 5.41) is 0. The zero-order valence-electron chi connectivity index (χ0n) is 16.8. The lowest BCUT2D eigenvalue weighted by Gasteiger charge is -2.11. The van der Waals surface area contributed by atoms with Crippen LogP contribution in [0.15, 0.2) is 0 Å². The minimum atomic E-state index is -0.881. The molecule has 5 heterocycles. The van der Waals surface area contributed by atoms with Gasteiger partial charge in [0.2, 0.25) is 0 Å². The molecule has 8 heteroatoms. The Labute approximate surface area is 164 Å². The number of hydrogen-bond acceptors (Lipinski definition) is 8. The monoisotopic (exact) mass is 396 g/mol. The molecule has 0 aromatic heterocycles. The average molecular weight is 396 g/mol. The predicted octanol–water partition coefficient (Wildman–Crippen LogP) is 1.28. The van der Waals surface area contributed by atoms with Crippen LogP contribution in [0.5, 0.6) is 0 Å². The Bertz CT molecular complexity index is 665. The summed E-state index contributed by atoms with van der Waals surface area (Å²) in [5.74, 6) is -0.663. The molecule has 0 amide bonds. The lowest BCUT2D eigenvalue weighted by molar-refractivity contribution is -0.150. The predicted molar refractivity (Wildman–Crippen MR) is 93.5 cm³/mol. The van der Waals surface area contributed by atoms with Crippen LogP contribution in [0.4, 0.5) is 0 Å². The van der Waals surface area contributed by atoms with Gasteiger partial charge in [-0.25, -0.2) is 9.59 Å². The Balaban J connectivity index is 1.25. The van der Waals surface area contributed by atoms with Gasteiger partial charge in [-0.3, -0.25) is 0 Å². The highest BCUT2D eigenvalue weighted by Crippen LogP contribution is 2.49. The van der Waals surface area contributed by atoms with Crippen LogP contribution in [-0.2, 0) is 38.0 Å². The second-order valence-electron chi connectivity index (χ2n) is 9.54. The molecule has 156 valence electrons. The van der Waals surface area contributed by atoms with Crippen molar-refractivity contribution in [3.8, 4) is 0 Å². The molecule has 5 saturated heterocycles. The van der Waals surface area contributed by atoms with Gasteiger partial charge in [0.25, 0.3) is 0 Å². The fourth-order valence-corrected chi connectivity index (χ4v) is 4.42. The van der Waals surface area contributed by atoms with Crippen molar-refractivity contribution in [1.29, 1.82) is 0 Å². The van der Waals surface area contributed by atoms with Crippen LogP contribution < -0.4 is 0 Å². The Morgan fingerprint density at radius 3 is 1.43 bits per heavy atom. The van der Waals surface area contributed by atoms with Crippen molar-refractivity contribution in [2.45, 2.75) is 100 Å². The van der Waals surface area contributed by atoms with Crippen LogP contribution in [0.1, 0.15) is 53.4 Å². The molecule has 0 aromatic rings. The Morgan fingerprint density at radius 1 is 0.643 bits per heavy atom. The van der Waals surface area contributed by atoms with Crippen molar-refractivity contribution in [3.63, 3.8) is 0 Å². The fourth-order valence-electron chi connectivity index (χ4n) is 4.42. The highest BCUT2D eigenvalue weighted by molar-refractivity contribution is 5.83. The molecule has 5 rings (SSSR count). The van der Waals surface area contributed by atoms with E-state index in [-0.39, 0.29) is 60.8 Å². The molecule has 0 saturated carbocycles. The first-order chi connectivity index (χ1) is 13.1. The summed E-state index contributed by atoms with van der Waals surface area (Å²) in [7, 11) is 0. The third kappa shape index (κ3) is 2.96. The van der Waals surface area contributed by atoms with E-state index >= 15 is 0 Å². The van der Waals surface area contributed by atoms with E-state index in [2.05, 4.69) is 0 Å². The van der Waals surface area contributed by atoms with Crippen LogP contribution in [0, 0.1) is 0 Å². The summed E-state index contributed by atoms with van der Waals surface area (Å²) in [6.45, 7) is 7.96. The van der Waals surface area contributed by atoms with E-state index < -0.39 is 11.2 Å². The van der Waals surface area contributed by atoms with E-state index in [9.17, 15) is 9.59 Å². The lowest BCUT2D eigenvalue weighted by Crippen LogP contribution is -2.30. The van der Waals surface area contributed by atoms with Gasteiger partial charge in [-0.2, -0.15) is 0 Å². The summed E-state index contributed by atoms with van der Waals surface area (Å²) < 4.78 is 33.7. The van der Waals surface area contributed by atoms with Crippen molar-refractivity contribution in [3.05, 3.63) is 0 Å². The van der Waals surface area contributed by atoms with E-state index in [0.717, 1.165) is 12.8 Å². The van der Waals surface area contributed by atoms with E-state index in [1.165, 1.54) is 0 Å². The maximum absolute atomic E-state index is 12.4. The van der Waals surface area contributed by atoms with E-state index in [1.54, 1.807) is 13.8 Å². The normalized spacial score (nSPS) is 55.7. The average Bonchev–Trinajstić information content (AvgIpc) is 3.55. The second kappa shape index (κ2) is 5.68. The number of carbonyl (C=O) groups excluding carboxylic acids is 2. The summed E-state index contributed by atoms with van der Waals surface area (Å²) >= 11 is 0. The molecule has 28 heavy (non-hydrogen) atoms. The number of cyclic esters (lactones) is 2. The molecule has 5 aliphatic rings.